The molecular weight excluding hydrogens is 1770 g/mol. The first kappa shape index (κ1) is 108. The lowest BCUT2D eigenvalue weighted by Crippen LogP contribution is -2.58. The number of hydrogen-bond acceptors (Lipinski definition) is 34. The number of hydrogen-bond donors (Lipinski definition) is 4. The molecule has 125 heavy (non-hydrogen) atoms. The highest BCUT2D eigenvalue weighted by Crippen LogP contribution is 2.29. The van der Waals surface area contributed by atoms with Gasteiger partial charge in [0.2, 0.25) is 23.6 Å². The van der Waals surface area contributed by atoms with Gasteiger partial charge in [-0.05, 0) is 116 Å². The van der Waals surface area contributed by atoms with E-state index in [0.717, 1.165) is 70.2 Å². The minimum absolute atomic E-state index is 0.00557. The van der Waals surface area contributed by atoms with Crippen LogP contribution < -0.4 is 21.3 Å². The standard InChI is InChI=1S/C78H139N19O19S3Si6/c1-65(98)79-20-17-41-120(5,6)114-123(11,12)62-117-75-82-44-69(45-83-75)53-108-38-35-105-32-29-102-26-23-95-50-72(89-92-95)56-111-59-78(88-68(4)101,60-112-57-73-51-96(93-90-73)24-27-103-30-33-106-36-39-109-54-70-46-84-76(85-47-70)118-63-124(13,14)115-121(7,8)42-18-21-80-66(2)99)61-113-58-74-52-97(94-91-74)25-28-104-31-34-107-37-40-110-55-71-48-86-77(87-49-71)119-64-125(15,16)116-122(9,10)43-19-22-81-67(3)100/h44-52H,17-43,53-64H2,1-16H3,(H,79,98)(H,80,99)(H,81,100)(H,88,101). The molecule has 0 fully saturated rings. The maximum absolute atomic E-state index is 13.0. The van der Waals surface area contributed by atoms with E-state index in [9.17, 15) is 19.2 Å². The Balaban J connectivity index is 0.873. The Hall–Kier alpha value is -5.71. The van der Waals surface area contributed by atoms with E-state index in [-0.39, 0.29) is 63.3 Å². The molecule has 6 aromatic heterocycles. The fourth-order valence-corrected chi connectivity index (χ4v) is 43.6. The summed E-state index contributed by atoms with van der Waals surface area (Å²) in [6, 6.07) is 2.97. The van der Waals surface area contributed by atoms with E-state index in [2.05, 4.69) is 161 Å². The van der Waals surface area contributed by atoms with Gasteiger partial charge in [0.1, 0.15) is 22.6 Å². The molecule has 0 atom stereocenters. The molecule has 0 saturated heterocycles. The number of ether oxygens (including phenoxy) is 12. The molecule has 6 heterocycles. The molecule has 0 saturated carbocycles. The highest BCUT2D eigenvalue weighted by molar-refractivity contribution is 8.01. The van der Waals surface area contributed by atoms with E-state index in [0.29, 0.717) is 191 Å². The SMILES string of the molecule is CC(=O)NCCC[Si](C)(C)O[Si](C)(C)CSc1ncc(COCCOCCOCCn2cc(COCC(COCc3cn(CCOCCOCCOCc4cnc(SC[Si](C)(C)O[Si](C)(C)CCCNC(C)=O)nc4)nn3)(COCc3cn(CCOCCOCCOCc4cnc(SC[Si](C)(C)O[Si](C)(C)CCCNC(C)=O)nc4)nn3)NC(C)=O)nn2)cn1. The topological polar surface area (TPSA) is 424 Å². The second kappa shape index (κ2) is 58.8. The summed E-state index contributed by atoms with van der Waals surface area (Å²) in [6.45, 7) is 43.2. The molecule has 702 valence electrons. The smallest absolute Gasteiger partial charge is 0.217 e. The molecule has 0 aliphatic heterocycles. The molecule has 47 heteroatoms. The maximum Gasteiger partial charge on any atom is 0.217 e. The van der Waals surface area contributed by atoms with E-state index in [4.69, 9.17) is 69.2 Å². The zero-order valence-electron chi connectivity index (χ0n) is 76.5. The first-order valence-corrected chi connectivity index (χ1v) is 64.3. The lowest BCUT2D eigenvalue weighted by molar-refractivity contribution is -0.126. The molecule has 0 unspecified atom stereocenters. The molecule has 0 spiro atoms. The average molecular weight is 1910 g/mol. The Morgan fingerprint density at radius 3 is 0.824 bits per heavy atom. The van der Waals surface area contributed by atoms with Gasteiger partial charge in [0.05, 0.1) is 197 Å². The molecule has 4 amide bonds. The van der Waals surface area contributed by atoms with Crippen molar-refractivity contribution in [3.05, 3.63) is 89.5 Å². The van der Waals surface area contributed by atoms with Crippen molar-refractivity contribution >= 4 is 109 Å². The summed E-state index contributed by atoms with van der Waals surface area (Å²) in [5.41, 5.74) is 3.12. The van der Waals surface area contributed by atoms with Gasteiger partial charge in [-0.15, -0.1) is 15.3 Å². The van der Waals surface area contributed by atoms with Crippen LogP contribution in [0.4, 0.5) is 0 Å². The van der Waals surface area contributed by atoms with Crippen LogP contribution in [-0.4, -0.2) is 309 Å². The Kier molecular flexibility index (Phi) is 50.9. The monoisotopic (exact) mass is 1910 g/mol. The zero-order valence-corrected chi connectivity index (χ0v) is 84.9. The number of aromatic nitrogens is 15. The first-order valence-electron chi connectivity index (χ1n) is 42.6. The summed E-state index contributed by atoms with van der Waals surface area (Å²) in [4.78, 5) is 74.1. The summed E-state index contributed by atoms with van der Waals surface area (Å²) in [5, 5.41) is 42.1. The van der Waals surface area contributed by atoms with Crippen LogP contribution in [0.15, 0.2) is 71.2 Å². The summed E-state index contributed by atoms with van der Waals surface area (Å²) in [5.74, 6) is -0.345. The van der Waals surface area contributed by atoms with Crippen molar-refractivity contribution in [2.24, 2.45) is 0 Å². The third-order valence-corrected chi connectivity index (χ3v) is 47.3. The summed E-state index contributed by atoms with van der Waals surface area (Å²) in [7, 11) is -11.6. The van der Waals surface area contributed by atoms with Gasteiger partial charge in [-0.2, -0.15) is 0 Å². The average Bonchev–Trinajstić information content (AvgIpc) is 1.86. The van der Waals surface area contributed by atoms with Crippen molar-refractivity contribution < 1.29 is 88.4 Å². The van der Waals surface area contributed by atoms with E-state index in [1.165, 1.54) is 27.7 Å². The number of carbonyl (C=O) groups excluding carboxylic acids is 4. The van der Waals surface area contributed by atoms with Gasteiger partial charge >= 0.3 is 0 Å². The predicted octanol–water partition coefficient (Wildman–Crippen LogP) is 8.16. The van der Waals surface area contributed by atoms with Gasteiger partial charge in [0, 0.05) is 117 Å². The summed E-state index contributed by atoms with van der Waals surface area (Å²) < 4.78 is 96.3. The van der Waals surface area contributed by atoms with Crippen LogP contribution in [0.3, 0.4) is 0 Å². The van der Waals surface area contributed by atoms with E-state index in [1.54, 1.807) is 105 Å². The van der Waals surface area contributed by atoms with Crippen LogP contribution in [0.2, 0.25) is 96.7 Å². The van der Waals surface area contributed by atoms with Crippen LogP contribution in [0.1, 0.15) is 80.7 Å². The van der Waals surface area contributed by atoms with Gasteiger partial charge in [-0.25, -0.2) is 43.9 Å². The van der Waals surface area contributed by atoms with Gasteiger partial charge < -0.3 is 90.5 Å². The van der Waals surface area contributed by atoms with E-state index < -0.39 is 55.4 Å². The van der Waals surface area contributed by atoms with Crippen molar-refractivity contribution in [2.75, 3.05) is 155 Å². The molecule has 4 N–H and O–H groups in total. The molecule has 38 nitrogen and oxygen atoms in total. The largest absolute Gasteiger partial charge is 0.455 e. The van der Waals surface area contributed by atoms with Crippen molar-refractivity contribution in [1.82, 2.24) is 96.2 Å². The van der Waals surface area contributed by atoms with Crippen LogP contribution in [0.25, 0.3) is 0 Å². The number of nitrogens with zero attached hydrogens (tertiary/aromatic N) is 15. The molecule has 6 rings (SSSR count). The third-order valence-electron chi connectivity index (χ3n) is 17.9. The molecule has 0 aliphatic rings. The molecular formula is C78H139N19O19S3Si6. The maximum atomic E-state index is 13.0. The van der Waals surface area contributed by atoms with Crippen molar-refractivity contribution in [3.8, 4) is 0 Å². The van der Waals surface area contributed by atoms with E-state index in [1.807, 2.05) is 0 Å². The first-order chi connectivity index (χ1) is 59.6. The molecule has 6 aromatic rings. The van der Waals surface area contributed by atoms with Crippen LogP contribution in [0.5, 0.6) is 0 Å². The normalized spacial score (nSPS) is 12.5. The third kappa shape index (κ3) is 51.5. The number of thioether (sulfide) groups is 3. The van der Waals surface area contributed by atoms with Gasteiger partial charge in [0.15, 0.2) is 65.4 Å². The molecule has 0 radical (unpaired) electrons. The van der Waals surface area contributed by atoms with Crippen molar-refractivity contribution in [2.45, 2.75) is 224 Å². The highest BCUT2D eigenvalue weighted by atomic mass is 32.2. The number of carbonyl (C=O) groups is 4. The van der Waals surface area contributed by atoms with Crippen molar-refractivity contribution in [1.29, 1.82) is 0 Å². The minimum atomic E-state index is -1.98. The number of nitrogens with one attached hydrogen (secondary N) is 4. The Morgan fingerprint density at radius 2 is 0.576 bits per heavy atom. The summed E-state index contributed by atoms with van der Waals surface area (Å²) in [6.07, 6.45) is 18.8. The van der Waals surface area contributed by atoms with Crippen LogP contribution >= 0.6 is 35.3 Å². The number of amides is 4. The predicted molar refractivity (Wildman–Crippen MR) is 490 cm³/mol. The zero-order chi connectivity index (χ0) is 90.7. The Labute approximate surface area is 756 Å². The quantitative estimate of drug-likeness (QED) is 0.0121. The lowest BCUT2D eigenvalue weighted by Gasteiger charge is -2.33. The second-order valence-electron chi connectivity index (χ2n) is 33.8. The fourth-order valence-electron chi connectivity index (χ4n) is 12.6. The minimum Gasteiger partial charge on any atom is -0.455 e. The van der Waals surface area contributed by atoms with Gasteiger partial charge in [0.25, 0.3) is 0 Å². The second-order valence-corrected chi connectivity index (χ2v) is 64.3. The lowest BCUT2D eigenvalue weighted by atomic mass is 10.0. The molecule has 0 aliphatic carbocycles. The van der Waals surface area contributed by atoms with Gasteiger partial charge in [-0.1, -0.05) is 50.9 Å². The van der Waals surface area contributed by atoms with Crippen LogP contribution in [-0.2, 0) is 148 Å². The molecule has 0 aromatic carbocycles. The Morgan fingerprint density at radius 1 is 0.328 bits per heavy atom. The van der Waals surface area contributed by atoms with E-state index >= 15 is 0 Å². The fraction of sp³-hybridized carbons (Fsp3) is 0.718. The molecule has 0 bridgehead atoms. The Bertz CT molecular complexity index is 3610. The van der Waals surface area contributed by atoms with Gasteiger partial charge in [-0.3, -0.25) is 19.2 Å². The summed E-state index contributed by atoms with van der Waals surface area (Å²) >= 11 is 4.86. The highest BCUT2D eigenvalue weighted by Gasteiger charge is 2.37. The number of rotatable bonds is 73. The van der Waals surface area contributed by atoms with Crippen LogP contribution in [0, 0.1) is 0 Å². The van der Waals surface area contributed by atoms with Crippen molar-refractivity contribution in [3.63, 3.8) is 0 Å².